The van der Waals surface area contributed by atoms with Crippen LogP contribution in [0.1, 0.15) is 37.8 Å². The van der Waals surface area contributed by atoms with E-state index >= 15 is 0 Å². The largest absolute Gasteiger partial charge is 0.357 e. The fraction of sp³-hybridized carbons (Fsp3) is 0.652. The van der Waals surface area contributed by atoms with Crippen LogP contribution in [0.15, 0.2) is 35.3 Å². The molecule has 30 heavy (non-hydrogen) atoms. The van der Waals surface area contributed by atoms with Gasteiger partial charge in [-0.3, -0.25) is 9.69 Å². The number of carbonyl (C=O) groups excluding carboxylic acids is 1. The first-order valence-corrected chi connectivity index (χ1v) is 11.4. The predicted molar refractivity (Wildman–Crippen MR) is 123 cm³/mol. The standard InChI is InChI=1S/C23H38N6O/c1-3-24-23(26-18-22(30)29-13-7-8-14-29)25-12-9-15-28-17-16-27(2)19-21(28)20-10-5-4-6-11-20/h4-6,10-11,21H,3,7-9,12-19H2,1-2H3,(H2,24,25,26). The second kappa shape index (κ2) is 11.9. The number of nitrogens with one attached hydrogen (secondary N) is 2. The molecule has 2 saturated heterocycles. The fourth-order valence-corrected chi connectivity index (χ4v) is 4.26. The number of carbonyl (C=O) groups is 1. The molecule has 2 N–H and O–H groups in total. The lowest BCUT2D eigenvalue weighted by atomic mass is 10.0. The van der Waals surface area contributed by atoms with Crippen molar-refractivity contribution in [2.75, 3.05) is 66.0 Å². The SMILES string of the molecule is CCNC(=NCC(=O)N1CCCC1)NCCCN1CCN(C)CC1c1ccccc1. The maximum absolute atomic E-state index is 12.2. The zero-order valence-electron chi connectivity index (χ0n) is 18.6. The molecule has 1 aromatic rings. The number of benzene rings is 1. The summed E-state index contributed by atoms with van der Waals surface area (Å²) in [6, 6.07) is 11.3. The minimum Gasteiger partial charge on any atom is -0.357 e. The third-order valence-electron chi connectivity index (χ3n) is 5.97. The number of aliphatic imine (C=N–C) groups is 1. The van der Waals surface area contributed by atoms with Crippen LogP contribution >= 0.6 is 0 Å². The molecule has 0 saturated carbocycles. The van der Waals surface area contributed by atoms with Crippen LogP contribution in [0.3, 0.4) is 0 Å². The van der Waals surface area contributed by atoms with Crippen molar-refractivity contribution in [1.82, 2.24) is 25.3 Å². The zero-order valence-corrected chi connectivity index (χ0v) is 18.6. The summed E-state index contributed by atoms with van der Waals surface area (Å²) in [5, 5.41) is 6.66. The van der Waals surface area contributed by atoms with Crippen molar-refractivity contribution >= 4 is 11.9 Å². The summed E-state index contributed by atoms with van der Waals surface area (Å²) in [5.41, 5.74) is 1.40. The summed E-state index contributed by atoms with van der Waals surface area (Å²) in [6.45, 7) is 9.99. The van der Waals surface area contributed by atoms with Gasteiger partial charge in [0, 0.05) is 58.4 Å². The van der Waals surface area contributed by atoms with Crippen LogP contribution in [0, 0.1) is 0 Å². The van der Waals surface area contributed by atoms with Crippen molar-refractivity contribution in [3.8, 4) is 0 Å². The van der Waals surface area contributed by atoms with Gasteiger partial charge in [0.1, 0.15) is 6.54 Å². The van der Waals surface area contributed by atoms with E-state index < -0.39 is 0 Å². The fourth-order valence-electron chi connectivity index (χ4n) is 4.26. The Bertz CT molecular complexity index is 674. The molecule has 1 amide bonds. The molecule has 1 aromatic carbocycles. The van der Waals surface area contributed by atoms with Gasteiger partial charge < -0.3 is 20.4 Å². The number of rotatable bonds is 8. The van der Waals surface area contributed by atoms with E-state index in [1.165, 1.54) is 5.56 Å². The smallest absolute Gasteiger partial charge is 0.244 e. The van der Waals surface area contributed by atoms with Gasteiger partial charge in [-0.2, -0.15) is 0 Å². The highest BCUT2D eigenvalue weighted by molar-refractivity contribution is 5.85. The Hall–Kier alpha value is -2.12. The molecule has 166 valence electrons. The van der Waals surface area contributed by atoms with Crippen LogP contribution < -0.4 is 10.6 Å². The maximum Gasteiger partial charge on any atom is 0.244 e. The van der Waals surface area contributed by atoms with Gasteiger partial charge >= 0.3 is 0 Å². The number of likely N-dealkylation sites (N-methyl/N-ethyl adjacent to an activating group) is 1. The summed E-state index contributed by atoms with van der Waals surface area (Å²) >= 11 is 0. The van der Waals surface area contributed by atoms with E-state index in [4.69, 9.17) is 0 Å². The highest BCUT2D eigenvalue weighted by Crippen LogP contribution is 2.24. The molecule has 3 rings (SSSR count). The minimum atomic E-state index is 0.132. The van der Waals surface area contributed by atoms with Crippen LogP contribution in [-0.2, 0) is 4.79 Å². The van der Waals surface area contributed by atoms with Gasteiger partial charge in [0.05, 0.1) is 0 Å². The van der Waals surface area contributed by atoms with Gasteiger partial charge in [-0.1, -0.05) is 30.3 Å². The van der Waals surface area contributed by atoms with Crippen LogP contribution in [0.2, 0.25) is 0 Å². The van der Waals surface area contributed by atoms with Crippen LogP contribution in [-0.4, -0.2) is 92.5 Å². The third-order valence-corrected chi connectivity index (χ3v) is 5.97. The van der Waals surface area contributed by atoms with E-state index in [2.05, 4.69) is 62.8 Å². The van der Waals surface area contributed by atoms with E-state index in [1.54, 1.807) is 0 Å². The minimum absolute atomic E-state index is 0.132. The Morgan fingerprint density at radius 2 is 1.87 bits per heavy atom. The molecule has 7 nitrogen and oxygen atoms in total. The highest BCUT2D eigenvalue weighted by atomic mass is 16.2. The number of hydrogen-bond acceptors (Lipinski definition) is 4. The molecule has 7 heteroatoms. The lowest BCUT2D eigenvalue weighted by Crippen LogP contribution is -2.47. The normalized spacial score (nSPS) is 21.1. The summed E-state index contributed by atoms with van der Waals surface area (Å²) in [4.78, 5) is 23.7. The van der Waals surface area contributed by atoms with E-state index in [0.717, 1.165) is 77.6 Å². The molecular formula is C23H38N6O. The highest BCUT2D eigenvalue weighted by Gasteiger charge is 2.26. The summed E-state index contributed by atoms with van der Waals surface area (Å²) in [7, 11) is 2.21. The quantitative estimate of drug-likeness (QED) is 0.384. The third kappa shape index (κ3) is 6.71. The lowest BCUT2D eigenvalue weighted by Gasteiger charge is -2.40. The molecule has 2 aliphatic rings. The van der Waals surface area contributed by atoms with Crippen LogP contribution in [0.5, 0.6) is 0 Å². The number of piperazine rings is 1. The number of guanidine groups is 1. The van der Waals surface area contributed by atoms with E-state index in [-0.39, 0.29) is 12.5 Å². The Balaban J connectivity index is 1.46. The molecule has 1 atom stereocenters. The first-order valence-electron chi connectivity index (χ1n) is 11.4. The Morgan fingerprint density at radius 3 is 2.60 bits per heavy atom. The van der Waals surface area contributed by atoms with Crippen molar-refractivity contribution in [2.24, 2.45) is 4.99 Å². The molecule has 0 radical (unpaired) electrons. The number of likely N-dealkylation sites (tertiary alicyclic amines) is 1. The lowest BCUT2D eigenvalue weighted by molar-refractivity contribution is -0.128. The molecule has 0 aliphatic carbocycles. The van der Waals surface area contributed by atoms with Gasteiger partial charge in [0.25, 0.3) is 0 Å². The maximum atomic E-state index is 12.2. The monoisotopic (exact) mass is 414 g/mol. The van der Waals surface area contributed by atoms with Crippen molar-refractivity contribution in [3.05, 3.63) is 35.9 Å². The first-order chi connectivity index (χ1) is 14.7. The van der Waals surface area contributed by atoms with Gasteiger partial charge in [-0.15, -0.1) is 0 Å². The predicted octanol–water partition coefficient (Wildman–Crippen LogP) is 1.54. The topological polar surface area (TPSA) is 63.2 Å². The summed E-state index contributed by atoms with van der Waals surface area (Å²) in [5.74, 6) is 0.871. The van der Waals surface area contributed by atoms with Crippen molar-refractivity contribution in [2.45, 2.75) is 32.2 Å². The second-order valence-electron chi connectivity index (χ2n) is 8.29. The van der Waals surface area contributed by atoms with E-state index in [0.29, 0.717) is 6.04 Å². The molecule has 0 spiro atoms. The molecular weight excluding hydrogens is 376 g/mol. The number of hydrogen-bond donors (Lipinski definition) is 2. The average molecular weight is 415 g/mol. The molecule has 0 bridgehead atoms. The van der Waals surface area contributed by atoms with Crippen LogP contribution in [0.25, 0.3) is 0 Å². The molecule has 2 heterocycles. The van der Waals surface area contributed by atoms with Gasteiger partial charge in [-0.25, -0.2) is 4.99 Å². The Labute approximate surface area is 181 Å². The Kier molecular flexibility index (Phi) is 8.96. The van der Waals surface area contributed by atoms with Gasteiger partial charge in [0.2, 0.25) is 5.91 Å². The van der Waals surface area contributed by atoms with E-state index in [1.807, 2.05) is 11.8 Å². The number of nitrogens with zero attached hydrogens (tertiary/aromatic N) is 4. The first kappa shape index (κ1) is 22.6. The van der Waals surface area contributed by atoms with Crippen LogP contribution in [0.4, 0.5) is 0 Å². The molecule has 2 fully saturated rings. The Morgan fingerprint density at radius 1 is 1.10 bits per heavy atom. The molecule has 1 unspecified atom stereocenters. The second-order valence-corrected chi connectivity index (χ2v) is 8.29. The molecule has 0 aromatic heterocycles. The summed E-state index contributed by atoms with van der Waals surface area (Å²) < 4.78 is 0. The van der Waals surface area contributed by atoms with Crippen molar-refractivity contribution < 1.29 is 4.79 Å². The van der Waals surface area contributed by atoms with Gasteiger partial charge in [-0.05, 0) is 38.8 Å². The van der Waals surface area contributed by atoms with Crippen molar-refractivity contribution in [3.63, 3.8) is 0 Å². The van der Waals surface area contributed by atoms with Gasteiger partial charge in [0.15, 0.2) is 5.96 Å². The number of amides is 1. The molecule has 2 aliphatic heterocycles. The average Bonchev–Trinajstić information content (AvgIpc) is 3.31. The zero-order chi connectivity index (χ0) is 21.2. The van der Waals surface area contributed by atoms with Crippen molar-refractivity contribution in [1.29, 1.82) is 0 Å². The summed E-state index contributed by atoms with van der Waals surface area (Å²) in [6.07, 6.45) is 3.27. The van der Waals surface area contributed by atoms with E-state index in [9.17, 15) is 4.79 Å².